The van der Waals surface area contributed by atoms with Crippen LogP contribution in [0.1, 0.15) is 12.0 Å². The van der Waals surface area contributed by atoms with Gasteiger partial charge in [0.25, 0.3) is 5.91 Å². The van der Waals surface area contributed by atoms with E-state index in [1.165, 1.54) is 0 Å². The molecule has 0 aliphatic rings. The van der Waals surface area contributed by atoms with Crippen molar-refractivity contribution in [1.82, 2.24) is 5.32 Å². The van der Waals surface area contributed by atoms with Gasteiger partial charge in [-0.3, -0.25) is 4.79 Å². The summed E-state index contributed by atoms with van der Waals surface area (Å²) in [5.74, 6) is 0.174. The fraction of sp³-hybridized carbons (Fsp3) is 0.333. The van der Waals surface area contributed by atoms with Crippen molar-refractivity contribution in [2.75, 3.05) is 13.2 Å². The first-order valence-electron chi connectivity index (χ1n) is 5.33. The van der Waals surface area contributed by atoms with Crippen LogP contribution in [0.2, 0.25) is 0 Å². The fourth-order valence-electron chi connectivity index (χ4n) is 1.26. The van der Waals surface area contributed by atoms with Crippen molar-refractivity contribution in [1.29, 1.82) is 5.26 Å². The van der Waals surface area contributed by atoms with Gasteiger partial charge < -0.3 is 15.2 Å². The van der Waals surface area contributed by atoms with Crippen molar-refractivity contribution in [2.24, 2.45) is 0 Å². The number of aliphatic hydroxyl groups is 1. The molecule has 0 aromatic heterocycles. The number of carbonyl (C=O) groups is 1. The van der Waals surface area contributed by atoms with Gasteiger partial charge in [0.2, 0.25) is 0 Å². The Labute approximate surface area is 114 Å². The van der Waals surface area contributed by atoms with Crippen LogP contribution in [0, 0.1) is 11.3 Å². The number of aliphatic hydroxyl groups excluding tert-OH is 1. The SMILES string of the molecule is N#CCCNC(=O)COc1ccc(Br)cc1CO. The van der Waals surface area contributed by atoms with Crippen molar-refractivity contribution in [3.05, 3.63) is 28.2 Å². The van der Waals surface area contributed by atoms with E-state index in [1.807, 2.05) is 6.07 Å². The summed E-state index contributed by atoms with van der Waals surface area (Å²) in [6, 6.07) is 7.10. The van der Waals surface area contributed by atoms with E-state index in [4.69, 9.17) is 15.1 Å². The highest BCUT2D eigenvalue weighted by Crippen LogP contribution is 2.23. The van der Waals surface area contributed by atoms with E-state index in [0.717, 1.165) is 4.47 Å². The highest BCUT2D eigenvalue weighted by molar-refractivity contribution is 9.10. The molecule has 1 amide bonds. The predicted molar refractivity (Wildman–Crippen MR) is 68.8 cm³/mol. The number of rotatable bonds is 6. The van der Waals surface area contributed by atoms with Gasteiger partial charge in [-0.25, -0.2) is 0 Å². The van der Waals surface area contributed by atoms with Gasteiger partial charge >= 0.3 is 0 Å². The van der Waals surface area contributed by atoms with Crippen molar-refractivity contribution < 1.29 is 14.6 Å². The summed E-state index contributed by atoms with van der Waals surface area (Å²) in [4.78, 5) is 11.3. The maximum atomic E-state index is 11.3. The first-order chi connectivity index (χ1) is 8.67. The maximum Gasteiger partial charge on any atom is 0.257 e. The van der Waals surface area contributed by atoms with E-state index in [2.05, 4.69) is 21.2 Å². The molecule has 5 nitrogen and oxygen atoms in total. The van der Waals surface area contributed by atoms with Gasteiger partial charge in [-0.2, -0.15) is 5.26 Å². The number of carbonyl (C=O) groups excluding carboxylic acids is 1. The van der Waals surface area contributed by atoms with Gasteiger partial charge in [0, 0.05) is 16.6 Å². The zero-order chi connectivity index (χ0) is 13.4. The molecular formula is C12H13BrN2O3. The Balaban J connectivity index is 2.48. The summed E-state index contributed by atoms with van der Waals surface area (Å²) >= 11 is 3.28. The van der Waals surface area contributed by atoms with Crippen LogP contribution >= 0.6 is 15.9 Å². The van der Waals surface area contributed by atoms with Crippen LogP contribution in [0.15, 0.2) is 22.7 Å². The fourth-order valence-corrected chi connectivity index (χ4v) is 1.67. The second-order valence-corrected chi connectivity index (χ2v) is 4.37. The molecule has 0 bridgehead atoms. The lowest BCUT2D eigenvalue weighted by atomic mass is 10.2. The molecule has 0 saturated carbocycles. The molecule has 0 aliphatic carbocycles. The number of nitrogens with one attached hydrogen (secondary N) is 1. The molecule has 0 spiro atoms. The van der Waals surface area contributed by atoms with Crippen molar-refractivity contribution in [3.8, 4) is 11.8 Å². The van der Waals surface area contributed by atoms with Gasteiger partial charge in [-0.1, -0.05) is 15.9 Å². The monoisotopic (exact) mass is 312 g/mol. The average Bonchev–Trinajstić information content (AvgIpc) is 2.37. The lowest BCUT2D eigenvalue weighted by Crippen LogP contribution is -2.29. The molecule has 1 aromatic carbocycles. The van der Waals surface area contributed by atoms with Crippen molar-refractivity contribution in [3.63, 3.8) is 0 Å². The van der Waals surface area contributed by atoms with Crippen molar-refractivity contribution >= 4 is 21.8 Å². The number of hydrogen-bond donors (Lipinski definition) is 2. The molecule has 0 radical (unpaired) electrons. The summed E-state index contributed by atoms with van der Waals surface area (Å²) < 4.78 is 6.13. The topological polar surface area (TPSA) is 82.4 Å². The highest BCUT2D eigenvalue weighted by Gasteiger charge is 2.06. The Morgan fingerprint density at radius 2 is 2.33 bits per heavy atom. The summed E-state index contributed by atoms with van der Waals surface area (Å²) in [6.07, 6.45) is 0.270. The molecule has 1 rings (SSSR count). The largest absolute Gasteiger partial charge is 0.483 e. The molecule has 0 unspecified atom stereocenters. The van der Waals surface area contributed by atoms with E-state index in [9.17, 15) is 4.79 Å². The van der Waals surface area contributed by atoms with Crippen LogP contribution in [-0.4, -0.2) is 24.2 Å². The standard InChI is InChI=1S/C12H13BrN2O3/c13-10-2-3-11(9(6-10)7-16)18-8-12(17)15-5-1-4-14/h2-3,6,16H,1,5,7-8H2,(H,15,17). The Bertz CT molecular complexity index is 457. The minimum Gasteiger partial charge on any atom is -0.483 e. The van der Waals surface area contributed by atoms with E-state index in [0.29, 0.717) is 17.9 Å². The Morgan fingerprint density at radius 3 is 3.00 bits per heavy atom. The Morgan fingerprint density at radius 1 is 1.56 bits per heavy atom. The zero-order valence-corrected chi connectivity index (χ0v) is 11.2. The second-order valence-electron chi connectivity index (χ2n) is 3.46. The highest BCUT2D eigenvalue weighted by atomic mass is 79.9. The number of benzene rings is 1. The Kier molecular flexibility index (Phi) is 6.19. The summed E-state index contributed by atoms with van der Waals surface area (Å²) in [5, 5.41) is 20.0. The van der Waals surface area contributed by atoms with E-state index >= 15 is 0 Å². The molecule has 96 valence electrons. The second kappa shape index (κ2) is 7.69. The third kappa shape index (κ3) is 4.73. The van der Waals surface area contributed by atoms with Crippen molar-refractivity contribution in [2.45, 2.75) is 13.0 Å². The number of hydrogen-bond acceptors (Lipinski definition) is 4. The molecule has 0 aliphatic heterocycles. The average molecular weight is 313 g/mol. The lowest BCUT2D eigenvalue weighted by molar-refractivity contribution is -0.123. The predicted octanol–water partition coefficient (Wildman–Crippen LogP) is 1.35. The minimum absolute atomic E-state index is 0.139. The number of halogens is 1. The van der Waals surface area contributed by atoms with E-state index in [-0.39, 0.29) is 25.5 Å². The summed E-state index contributed by atoms with van der Waals surface area (Å²) in [7, 11) is 0. The Hall–Kier alpha value is -1.58. The van der Waals surface area contributed by atoms with Gasteiger partial charge in [-0.15, -0.1) is 0 Å². The zero-order valence-electron chi connectivity index (χ0n) is 9.65. The minimum atomic E-state index is -0.294. The van der Waals surface area contributed by atoms with Gasteiger partial charge in [-0.05, 0) is 18.2 Å². The van der Waals surface area contributed by atoms with Gasteiger partial charge in [0.1, 0.15) is 5.75 Å². The lowest BCUT2D eigenvalue weighted by Gasteiger charge is -2.10. The molecule has 2 N–H and O–H groups in total. The molecule has 0 atom stereocenters. The number of amides is 1. The van der Waals surface area contributed by atoms with Crippen LogP contribution in [-0.2, 0) is 11.4 Å². The van der Waals surface area contributed by atoms with Gasteiger partial charge in [0.05, 0.1) is 19.1 Å². The van der Waals surface area contributed by atoms with Crippen LogP contribution in [0.5, 0.6) is 5.75 Å². The van der Waals surface area contributed by atoms with Crippen LogP contribution < -0.4 is 10.1 Å². The maximum absolute atomic E-state index is 11.3. The van der Waals surface area contributed by atoms with E-state index in [1.54, 1.807) is 18.2 Å². The molecule has 0 heterocycles. The van der Waals surface area contributed by atoms with E-state index < -0.39 is 0 Å². The molecule has 0 saturated heterocycles. The normalized spacial score (nSPS) is 9.61. The molecular weight excluding hydrogens is 300 g/mol. The number of ether oxygens (including phenoxy) is 1. The number of nitriles is 1. The van der Waals surface area contributed by atoms with Gasteiger partial charge in [0.15, 0.2) is 6.61 Å². The summed E-state index contributed by atoms with van der Waals surface area (Å²) in [5.41, 5.74) is 0.606. The number of nitrogens with zero attached hydrogens (tertiary/aromatic N) is 1. The smallest absolute Gasteiger partial charge is 0.257 e. The summed E-state index contributed by atoms with van der Waals surface area (Å²) in [6.45, 7) is 0.0107. The first-order valence-corrected chi connectivity index (χ1v) is 6.12. The third-order valence-electron chi connectivity index (χ3n) is 2.11. The van der Waals surface area contributed by atoms with Crippen LogP contribution in [0.3, 0.4) is 0 Å². The first kappa shape index (κ1) is 14.5. The van der Waals surface area contributed by atoms with Crippen LogP contribution in [0.25, 0.3) is 0 Å². The third-order valence-corrected chi connectivity index (χ3v) is 2.60. The molecule has 1 aromatic rings. The molecule has 0 fully saturated rings. The quantitative estimate of drug-likeness (QED) is 0.777. The molecule has 6 heteroatoms. The molecule has 18 heavy (non-hydrogen) atoms. The van der Waals surface area contributed by atoms with Crippen LogP contribution in [0.4, 0.5) is 0 Å².